The van der Waals surface area contributed by atoms with Gasteiger partial charge in [0.15, 0.2) is 5.82 Å². The quantitative estimate of drug-likeness (QED) is 0.438. The maximum absolute atomic E-state index is 12.7. The summed E-state index contributed by atoms with van der Waals surface area (Å²) in [6, 6.07) is 7.38. The van der Waals surface area contributed by atoms with Gasteiger partial charge in [0, 0.05) is 11.2 Å². The Balaban J connectivity index is 1.75. The van der Waals surface area contributed by atoms with E-state index in [-0.39, 0.29) is 5.69 Å². The molecule has 3 rings (SSSR count). The molecule has 11 heteroatoms. The molecule has 0 atom stereocenters. The minimum absolute atomic E-state index is 0.186. The summed E-state index contributed by atoms with van der Waals surface area (Å²) in [5.74, 6) is -0.0726. The predicted octanol–water partition coefficient (Wildman–Crippen LogP) is 3.83. The smallest absolute Gasteiger partial charge is 0.306 e. The Morgan fingerprint density at radius 1 is 1.32 bits per heavy atom. The highest BCUT2D eigenvalue weighted by atomic mass is 79.9. The van der Waals surface area contributed by atoms with Crippen LogP contribution in [-0.4, -0.2) is 30.4 Å². The molecule has 1 aromatic carbocycles. The number of hydrogen-bond acceptors (Lipinski definition) is 5. The molecule has 0 aliphatic heterocycles. The number of amides is 1. The number of rotatable bonds is 6. The molecule has 1 N–H and O–H groups in total. The number of anilines is 1. The van der Waals surface area contributed by atoms with Crippen LogP contribution in [0, 0.1) is 10.1 Å². The van der Waals surface area contributed by atoms with Crippen molar-refractivity contribution in [1.29, 1.82) is 0 Å². The third-order valence-corrected chi connectivity index (χ3v) is 4.95. The van der Waals surface area contributed by atoms with E-state index in [0.29, 0.717) is 21.9 Å². The Labute approximate surface area is 173 Å². The first kappa shape index (κ1) is 20.0. The number of nitro groups is 1. The van der Waals surface area contributed by atoms with Gasteiger partial charge in [0.25, 0.3) is 5.91 Å². The molecule has 28 heavy (non-hydrogen) atoms. The Bertz CT molecular complexity index is 1030. The topological polar surface area (TPSA) is 108 Å². The second-order valence-corrected chi connectivity index (χ2v) is 7.85. The van der Waals surface area contributed by atoms with Crippen molar-refractivity contribution in [3.8, 4) is 0 Å². The van der Waals surface area contributed by atoms with Gasteiger partial charge in [0.2, 0.25) is 0 Å². The van der Waals surface area contributed by atoms with E-state index >= 15 is 0 Å². The maximum Gasteiger partial charge on any atom is 0.307 e. The zero-order valence-electron chi connectivity index (χ0n) is 15.0. The molecule has 146 valence electrons. The molecule has 0 unspecified atom stereocenters. The fourth-order valence-corrected chi connectivity index (χ4v) is 2.96. The molecule has 1 amide bonds. The van der Waals surface area contributed by atoms with Crippen LogP contribution < -0.4 is 5.32 Å². The van der Waals surface area contributed by atoms with Crippen molar-refractivity contribution in [2.24, 2.45) is 0 Å². The molecule has 0 aliphatic carbocycles. The van der Waals surface area contributed by atoms with Crippen molar-refractivity contribution in [2.45, 2.75) is 25.9 Å². The number of nitrogens with zero attached hydrogens (tertiary/aromatic N) is 5. The van der Waals surface area contributed by atoms with Crippen molar-refractivity contribution >= 4 is 44.9 Å². The van der Waals surface area contributed by atoms with E-state index in [1.165, 1.54) is 10.9 Å². The molecule has 9 nitrogen and oxygen atoms in total. The second kappa shape index (κ2) is 7.72. The van der Waals surface area contributed by atoms with Gasteiger partial charge in [-0.05, 0) is 47.5 Å². The van der Waals surface area contributed by atoms with Gasteiger partial charge in [-0.15, -0.1) is 0 Å². The number of carbonyl (C=O) groups is 1. The zero-order chi connectivity index (χ0) is 20.5. The number of halogens is 2. The fourth-order valence-electron chi connectivity index (χ4n) is 2.42. The average Bonchev–Trinajstić information content (AvgIpc) is 3.25. The van der Waals surface area contributed by atoms with E-state index < -0.39 is 16.4 Å². The van der Waals surface area contributed by atoms with Crippen LogP contribution in [0.15, 0.2) is 47.3 Å². The number of hydrogen-bond donors (Lipinski definition) is 1. The van der Waals surface area contributed by atoms with Crippen molar-refractivity contribution in [1.82, 2.24) is 19.6 Å². The second-order valence-electron chi connectivity index (χ2n) is 6.56. The summed E-state index contributed by atoms with van der Waals surface area (Å²) >= 11 is 9.28. The number of carbonyl (C=O) groups excluding carboxylic acids is 1. The SMILES string of the molecule is CC(C)(C(=O)Nc1nn(Cc2ccc(Cl)cc2)cc1Br)n1cc([N+](=O)[O-])cn1. The van der Waals surface area contributed by atoms with E-state index in [1.54, 1.807) is 36.9 Å². The average molecular weight is 468 g/mol. The van der Waals surface area contributed by atoms with Crippen LogP contribution in [-0.2, 0) is 16.9 Å². The van der Waals surface area contributed by atoms with E-state index in [9.17, 15) is 14.9 Å². The van der Waals surface area contributed by atoms with Gasteiger partial charge < -0.3 is 5.32 Å². The lowest BCUT2D eigenvalue weighted by atomic mass is 10.1. The summed E-state index contributed by atoms with van der Waals surface area (Å²) in [6.45, 7) is 3.72. The molecule has 2 heterocycles. The lowest BCUT2D eigenvalue weighted by Gasteiger charge is -2.23. The van der Waals surface area contributed by atoms with Crippen LogP contribution in [0.2, 0.25) is 5.02 Å². The molecule has 0 radical (unpaired) electrons. The fraction of sp³-hybridized carbons (Fsp3) is 0.235. The molecule has 3 aromatic rings. The maximum atomic E-state index is 12.7. The summed E-state index contributed by atoms with van der Waals surface area (Å²) in [5, 5.41) is 22.5. The predicted molar refractivity (Wildman–Crippen MR) is 107 cm³/mol. The van der Waals surface area contributed by atoms with Crippen molar-refractivity contribution < 1.29 is 9.72 Å². The molecule has 2 aromatic heterocycles. The summed E-state index contributed by atoms with van der Waals surface area (Å²) in [5.41, 5.74) is -0.344. The van der Waals surface area contributed by atoms with Crippen molar-refractivity contribution in [3.05, 3.63) is 68.0 Å². The first-order valence-electron chi connectivity index (χ1n) is 8.15. The normalized spacial score (nSPS) is 11.4. The molecule has 0 aliphatic rings. The van der Waals surface area contributed by atoms with Gasteiger partial charge >= 0.3 is 5.69 Å². The van der Waals surface area contributed by atoms with Gasteiger partial charge in [0.05, 0.1) is 15.9 Å². The highest BCUT2D eigenvalue weighted by molar-refractivity contribution is 9.10. The highest BCUT2D eigenvalue weighted by Gasteiger charge is 2.33. The Morgan fingerprint density at radius 2 is 2.00 bits per heavy atom. The van der Waals surface area contributed by atoms with Crippen molar-refractivity contribution in [2.75, 3.05) is 5.32 Å². The van der Waals surface area contributed by atoms with Crippen LogP contribution in [0.5, 0.6) is 0 Å². The van der Waals surface area contributed by atoms with Gasteiger partial charge in [-0.1, -0.05) is 23.7 Å². The van der Waals surface area contributed by atoms with E-state index in [2.05, 4.69) is 31.4 Å². The molecular formula is C17H16BrClN6O3. The number of nitrogens with one attached hydrogen (secondary N) is 1. The Hall–Kier alpha value is -2.72. The summed E-state index contributed by atoms with van der Waals surface area (Å²) < 4.78 is 3.53. The summed E-state index contributed by atoms with van der Waals surface area (Å²) in [6.07, 6.45) is 4.06. The largest absolute Gasteiger partial charge is 0.307 e. The van der Waals surface area contributed by atoms with Crippen molar-refractivity contribution in [3.63, 3.8) is 0 Å². The van der Waals surface area contributed by atoms with Crippen LogP contribution in [0.25, 0.3) is 0 Å². The number of benzene rings is 1. The van der Waals surface area contributed by atoms with Gasteiger partial charge in [-0.25, -0.2) is 0 Å². The third-order valence-electron chi connectivity index (χ3n) is 4.11. The van der Waals surface area contributed by atoms with Crippen LogP contribution >= 0.6 is 27.5 Å². The first-order valence-corrected chi connectivity index (χ1v) is 9.32. The van der Waals surface area contributed by atoms with E-state index in [4.69, 9.17) is 11.6 Å². The molecule has 0 fully saturated rings. The standard InChI is InChI=1S/C17H16BrClN6O3/c1-17(2,24-9-13(7-20-24)25(27)28)16(26)21-15-14(18)10-23(22-15)8-11-3-5-12(19)6-4-11/h3-7,9-10H,8H2,1-2H3,(H,21,22,26). The lowest BCUT2D eigenvalue weighted by Crippen LogP contribution is -2.40. The Kier molecular flexibility index (Phi) is 5.52. The molecule has 0 saturated carbocycles. The van der Waals surface area contributed by atoms with Crippen LogP contribution in [0.3, 0.4) is 0 Å². The van der Waals surface area contributed by atoms with Gasteiger partial charge in [-0.2, -0.15) is 10.2 Å². The summed E-state index contributed by atoms with van der Waals surface area (Å²) in [7, 11) is 0. The van der Waals surface area contributed by atoms with Gasteiger partial charge in [-0.3, -0.25) is 24.3 Å². The van der Waals surface area contributed by atoms with E-state index in [0.717, 1.165) is 11.8 Å². The van der Waals surface area contributed by atoms with Crippen LogP contribution in [0.1, 0.15) is 19.4 Å². The molecule has 0 bridgehead atoms. The molecule has 0 spiro atoms. The van der Waals surface area contributed by atoms with Gasteiger partial charge in [0.1, 0.15) is 17.9 Å². The zero-order valence-corrected chi connectivity index (χ0v) is 17.3. The monoisotopic (exact) mass is 466 g/mol. The lowest BCUT2D eigenvalue weighted by molar-refractivity contribution is -0.385. The minimum Gasteiger partial charge on any atom is -0.306 e. The molecular weight excluding hydrogens is 452 g/mol. The van der Waals surface area contributed by atoms with Crippen LogP contribution in [0.4, 0.5) is 11.5 Å². The van der Waals surface area contributed by atoms with E-state index in [1.807, 2.05) is 12.1 Å². The molecule has 0 saturated heterocycles. The Morgan fingerprint density at radius 3 is 2.61 bits per heavy atom. The summed E-state index contributed by atoms with van der Waals surface area (Å²) in [4.78, 5) is 23.0. The first-order chi connectivity index (χ1) is 13.2. The highest BCUT2D eigenvalue weighted by Crippen LogP contribution is 2.25. The minimum atomic E-state index is -1.16. The third kappa shape index (κ3) is 4.23. The number of aromatic nitrogens is 4.